The quantitative estimate of drug-likeness (QED) is 0.625. The Balaban J connectivity index is 2.97. The van der Waals surface area contributed by atoms with Crippen molar-refractivity contribution < 1.29 is 10.0 Å². The van der Waals surface area contributed by atoms with Gasteiger partial charge in [0.05, 0.1) is 22.1 Å². The van der Waals surface area contributed by atoms with Gasteiger partial charge in [0, 0.05) is 6.07 Å². The second kappa shape index (κ2) is 5.29. The topological polar surface area (TPSA) is 88.3 Å². The minimum atomic E-state index is -0.562. The third-order valence-corrected chi connectivity index (χ3v) is 2.88. The summed E-state index contributed by atoms with van der Waals surface area (Å²) in [6.45, 7) is 3.63. The zero-order chi connectivity index (χ0) is 13.1. The number of nitro groups is 1. The van der Waals surface area contributed by atoms with Crippen molar-refractivity contribution >= 4 is 23.1 Å². The van der Waals surface area contributed by atoms with Crippen LogP contribution in [0.3, 0.4) is 0 Å². The van der Waals surface area contributed by atoms with Crippen LogP contribution in [0, 0.1) is 10.1 Å². The summed E-state index contributed by atoms with van der Waals surface area (Å²) in [5.74, 6) is 0.329. The maximum Gasteiger partial charge on any atom is 0.289 e. The van der Waals surface area contributed by atoms with E-state index in [2.05, 4.69) is 10.3 Å². The standard InChI is InChI=1S/C10H14ClN3O3/c1-3-10(2,6-15)13-9-8(11)4-7(5-12-9)14(16)17/h4-5,15H,3,6H2,1-2H3,(H,12,13). The molecule has 0 amide bonds. The van der Waals surface area contributed by atoms with Gasteiger partial charge in [-0.05, 0) is 13.3 Å². The Morgan fingerprint density at radius 2 is 2.35 bits per heavy atom. The van der Waals surface area contributed by atoms with E-state index in [4.69, 9.17) is 11.6 Å². The Kier molecular flexibility index (Phi) is 4.25. The molecule has 0 fully saturated rings. The molecule has 0 saturated heterocycles. The second-order valence-electron chi connectivity index (χ2n) is 3.98. The lowest BCUT2D eigenvalue weighted by molar-refractivity contribution is -0.385. The number of anilines is 1. The van der Waals surface area contributed by atoms with E-state index < -0.39 is 10.5 Å². The maximum absolute atomic E-state index is 10.5. The van der Waals surface area contributed by atoms with Crippen molar-refractivity contribution in [2.24, 2.45) is 0 Å². The third kappa shape index (κ3) is 3.28. The summed E-state index contributed by atoms with van der Waals surface area (Å²) in [4.78, 5) is 13.8. The van der Waals surface area contributed by atoms with E-state index in [1.54, 1.807) is 0 Å². The molecule has 0 radical (unpaired) electrons. The SMILES string of the molecule is CCC(C)(CO)Nc1ncc([N+](=O)[O-])cc1Cl. The summed E-state index contributed by atoms with van der Waals surface area (Å²) < 4.78 is 0. The number of hydrogen-bond donors (Lipinski definition) is 2. The van der Waals surface area contributed by atoms with Gasteiger partial charge < -0.3 is 10.4 Å². The summed E-state index contributed by atoms with van der Waals surface area (Å²) in [5.41, 5.74) is -0.713. The number of rotatable bonds is 5. The fourth-order valence-electron chi connectivity index (χ4n) is 1.15. The lowest BCUT2D eigenvalue weighted by Crippen LogP contribution is -2.38. The Morgan fingerprint density at radius 1 is 1.71 bits per heavy atom. The zero-order valence-corrected chi connectivity index (χ0v) is 10.4. The lowest BCUT2D eigenvalue weighted by Gasteiger charge is -2.28. The highest BCUT2D eigenvalue weighted by Gasteiger charge is 2.23. The summed E-state index contributed by atoms with van der Waals surface area (Å²) >= 11 is 5.88. The van der Waals surface area contributed by atoms with Crippen LogP contribution in [0.5, 0.6) is 0 Å². The molecule has 0 aliphatic rings. The highest BCUT2D eigenvalue weighted by atomic mass is 35.5. The molecule has 17 heavy (non-hydrogen) atoms. The van der Waals surface area contributed by atoms with Gasteiger partial charge in [-0.3, -0.25) is 10.1 Å². The predicted octanol–water partition coefficient (Wildman–Crippen LogP) is 2.22. The van der Waals surface area contributed by atoms with Crippen molar-refractivity contribution in [3.05, 3.63) is 27.4 Å². The van der Waals surface area contributed by atoms with Crippen molar-refractivity contribution in [3.8, 4) is 0 Å². The maximum atomic E-state index is 10.5. The molecule has 0 saturated carbocycles. The Bertz CT molecular complexity index is 421. The molecule has 0 aliphatic heterocycles. The van der Waals surface area contributed by atoms with Gasteiger partial charge in [-0.15, -0.1) is 0 Å². The van der Waals surface area contributed by atoms with Crippen molar-refractivity contribution in [1.82, 2.24) is 4.98 Å². The van der Waals surface area contributed by atoms with Gasteiger partial charge in [-0.1, -0.05) is 18.5 Å². The van der Waals surface area contributed by atoms with Gasteiger partial charge in [0.25, 0.3) is 5.69 Å². The highest BCUT2D eigenvalue weighted by Crippen LogP contribution is 2.27. The van der Waals surface area contributed by atoms with Gasteiger partial charge in [0.15, 0.2) is 0 Å². The minimum absolute atomic E-state index is 0.0848. The van der Waals surface area contributed by atoms with Gasteiger partial charge in [-0.2, -0.15) is 0 Å². The summed E-state index contributed by atoms with van der Waals surface area (Å²) in [5, 5.41) is 22.9. The largest absolute Gasteiger partial charge is 0.394 e. The van der Waals surface area contributed by atoms with E-state index in [-0.39, 0.29) is 17.3 Å². The van der Waals surface area contributed by atoms with Crippen LogP contribution in [0.15, 0.2) is 12.3 Å². The van der Waals surface area contributed by atoms with Gasteiger partial charge in [0.1, 0.15) is 12.0 Å². The van der Waals surface area contributed by atoms with Gasteiger partial charge in [-0.25, -0.2) is 4.98 Å². The van der Waals surface area contributed by atoms with Crippen LogP contribution in [-0.4, -0.2) is 27.2 Å². The minimum Gasteiger partial charge on any atom is -0.394 e. The monoisotopic (exact) mass is 259 g/mol. The van der Waals surface area contributed by atoms with Crippen LogP contribution in [-0.2, 0) is 0 Å². The number of nitrogens with zero attached hydrogens (tertiary/aromatic N) is 2. The fourth-order valence-corrected chi connectivity index (χ4v) is 1.35. The molecule has 0 aromatic carbocycles. The molecule has 1 aromatic rings. The molecule has 2 N–H and O–H groups in total. The Labute approximate surface area is 104 Å². The summed E-state index contributed by atoms with van der Waals surface area (Å²) in [7, 11) is 0. The molecule has 0 aliphatic carbocycles. The van der Waals surface area contributed by atoms with Crippen molar-refractivity contribution in [1.29, 1.82) is 0 Å². The first-order chi connectivity index (χ1) is 7.91. The first-order valence-corrected chi connectivity index (χ1v) is 5.48. The molecule has 1 heterocycles. The molecular formula is C10H14ClN3O3. The van der Waals surface area contributed by atoms with Crippen LogP contribution >= 0.6 is 11.6 Å². The average molecular weight is 260 g/mol. The highest BCUT2D eigenvalue weighted by molar-refractivity contribution is 6.33. The van der Waals surface area contributed by atoms with Crippen LogP contribution in [0.2, 0.25) is 5.02 Å². The molecule has 1 unspecified atom stereocenters. The number of halogens is 1. The zero-order valence-electron chi connectivity index (χ0n) is 9.61. The number of pyridine rings is 1. The average Bonchev–Trinajstić information content (AvgIpc) is 2.31. The fraction of sp³-hybridized carbons (Fsp3) is 0.500. The van der Waals surface area contributed by atoms with Crippen molar-refractivity contribution in [2.75, 3.05) is 11.9 Å². The molecule has 1 atom stereocenters. The van der Waals surface area contributed by atoms with Gasteiger partial charge in [0.2, 0.25) is 0 Å². The van der Waals surface area contributed by atoms with Crippen LogP contribution in [0.1, 0.15) is 20.3 Å². The van der Waals surface area contributed by atoms with Crippen LogP contribution in [0.25, 0.3) is 0 Å². The lowest BCUT2D eigenvalue weighted by atomic mass is 10.0. The number of hydrogen-bond acceptors (Lipinski definition) is 5. The molecule has 1 aromatic heterocycles. The van der Waals surface area contributed by atoms with E-state index in [0.717, 1.165) is 6.20 Å². The normalized spacial score (nSPS) is 14.1. The number of aliphatic hydroxyl groups is 1. The first kappa shape index (κ1) is 13.7. The Hall–Kier alpha value is -1.40. The van der Waals surface area contributed by atoms with E-state index in [1.165, 1.54) is 6.07 Å². The Morgan fingerprint density at radius 3 is 2.76 bits per heavy atom. The second-order valence-corrected chi connectivity index (χ2v) is 4.39. The van der Waals surface area contributed by atoms with E-state index >= 15 is 0 Å². The van der Waals surface area contributed by atoms with Gasteiger partial charge >= 0.3 is 0 Å². The molecule has 94 valence electrons. The predicted molar refractivity (Wildman–Crippen MR) is 65.3 cm³/mol. The number of aliphatic hydroxyl groups excluding tert-OH is 1. The van der Waals surface area contributed by atoms with Crippen molar-refractivity contribution in [2.45, 2.75) is 25.8 Å². The van der Waals surface area contributed by atoms with E-state index in [1.807, 2.05) is 13.8 Å². The third-order valence-electron chi connectivity index (χ3n) is 2.59. The number of nitrogens with one attached hydrogen (secondary N) is 1. The molecular weight excluding hydrogens is 246 g/mol. The molecule has 0 bridgehead atoms. The molecule has 7 heteroatoms. The van der Waals surface area contributed by atoms with Crippen molar-refractivity contribution in [3.63, 3.8) is 0 Å². The molecule has 1 rings (SSSR count). The van der Waals surface area contributed by atoms with Crippen LogP contribution in [0.4, 0.5) is 11.5 Å². The first-order valence-electron chi connectivity index (χ1n) is 5.11. The smallest absolute Gasteiger partial charge is 0.289 e. The van der Waals surface area contributed by atoms with Crippen LogP contribution < -0.4 is 5.32 Å². The van der Waals surface area contributed by atoms with E-state index in [9.17, 15) is 15.2 Å². The molecule has 0 spiro atoms. The van der Waals surface area contributed by atoms with E-state index in [0.29, 0.717) is 12.2 Å². The summed E-state index contributed by atoms with van der Waals surface area (Å²) in [6.07, 6.45) is 1.79. The molecule has 6 nitrogen and oxygen atoms in total. The number of aromatic nitrogens is 1. The summed E-state index contributed by atoms with van der Waals surface area (Å²) in [6, 6.07) is 1.23.